The number of nitrogens with zero attached hydrogens (tertiary/aromatic N) is 1. The highest BCUT2D eigenvalue weighted by molar-refractivity contribution is 7.92. The van der Waals surface area contributed by atoms with E-state index in [1.165, 1.54) is 12.1 Å². The largest absolute Gasteiger partial charge is 0.384 e. The minimum Gasteiger partial charge on any atom is -0.384 e. The summed E-state index contributed by atoms with van der Waals surface area (Å²) in [7, 11) is -3.88. The van der Waals surface area contributed by atoms with Gasteiger partial charge < -0.3 is 5.73 Å². The van der Waals surface area contributed by atoms with Gasteiger partial charge in [0.2, 0.25) is 0 Å². The molecule has 106 valence electrons. The maximum Gasteiger partial charge on any atom is 0.263 e. The van der Waals surface area contributed by atoms with E-state index < -0.39 is 15.8 Å². The third-order valence-corrected chi connectivity index (χ3v) is 4.22. The van der Waals surface area contributed by atoms with Crippen molar-refractivity contribution in [2.24, 2.45) is 0 Å². The summed E-state index contributed by atoms with van der Waals surface area (Å²) in [6, 6.07) is 4.87. The molecule has 0 saturated carbocycles. The van der Waals surface area contributed by atoms with Crippen molar-refractivity contribution < 1.29 is 12.8 Å². The highest BCUT2D eigenvalue weighted by Crippen LogP contribution is 2.28. The fraction of sp³-hybridized carbons (Fsp3) is 0. The van der Waals surface area contributed by atoms with Crippen molar-refractivity contribution in [3.63, 3.8) is 0 Å². The summed E-state index contributed by atoms with van der Waals surface area (Å²) < 4.78 is 39.6. The molecule has 1 heterocycles. The minimum atomic E-state index is -3.88. The van der Waals surface area contributed by atoms with Crippen LogP contribution in [0.4, 0.5) is 15.9 Å². The molecular weight excluding hydrogens is 328 g/mol. The summed E-state index contributed by atoms with van der Waals surface area (Å²) in [5.74, 6) is -0.623. The predicted octanol–water partition coefficient (Wildman–Crippen LogP) is 2.91. The Morgan fingerprint density at radius 2 is 1.80 bits per heavy atom. The number of nitrogens with one attached hydrogen (secondary N) is 1. The molecule has 0 bridgehead atoms. The van der Waals surface area contributed by atoms with Crippen LogP contribution in [0.3, 0.4) is 0 Å². The first kappa shape index (κ1) is 14.8. The van der Waals surface area contributed by atoms with Gasteiger partial charge in [0, 0.05) is 6.20 Å². The van der Waals surface area contributed by atoms with Gasteiger partial charge in [0.15, 0.2) is 5.82 Å². The second-order valence-corrected chi connectivity index (χ2v) is 6.27. The van der Waals surface area contributed by atoms with Crippen molar-refractivity contribution in [1.29, 1.82) is 0 Å². The van der Waals surface area contributed by atoms with Gasteiger partial charge >= 0.3 is 0 Å². The Morgan fingerprint density at radius 3 is 2.30 bits per heavy atom. The van der Waals surface area contributed by atoms with Crippen molar-refractivity contribution in [3.8, 4) is 0 Å². The van der Waals surface area contributed by atoms with Gasteiger partial charge in [0.25, 0.3) is 10.0 Å². The van der Waals surface area contributed by atoms with Crippen molar-refractivity contribution in [3.05, 3.63) is 46.3 Å². The number of rotatable bonds is 3. The van der Waals surface area contributed by atoms with E-state index in [1.54, 1.807) is 0 Å². The number of hydrogen-bond acceptors (Lipinski definition) is 4. The van der Waals surface area contributed by atoms with E-state index in [9.17, 15) is 12.8 Å². The lowest BCUT2D eigenvalue weighted by Crippen LogP contribution is -2.13. The Morgan fingerprint density at radius 1 is 1.20 bits per heavy atom. The molecule has 2 aromatic rings. The average Bonchev–Trinajstić information content (AvgIpc) is 2.36. The summed E-state index contributed by atoms with van der Waals surface area (Å²) in [6.07, 6.45) is 1.10. The maximum atomic E-state index is 13.2. The summed E-state index contributed by atoms with van der Waals surface area (Å²) >= 11 is 11.2. The van der Waals surface area contributed by atoms with Gasteiger partial charge in [-0.2, -0.15) is 0 Å². The lowest BCUT2D eigenvalue weighted by molar-refractivity contribution is 0.600. The zero-order valence-corrected chi connectivity index (χ0v) is 12.1. The second-order valence-electron chi connectivity index (χ2n) is 3.78. The molecule has 3 N–H and O–H groups in total. The van der Waals surface area contributed by atoms with Gasteiger partial charge in [-0.3, -0.25) is 4.72 Å². The fourth-order valence-electron chi connectivity index (χ4n) is 1.38. The van der Waals surface area contributed by atoms with Crippen LogP contribution >= 0.6 is 23.2 Å². The molecule has 0 saturated heterocycles. The van der Waals surface area contributed by atoms with Gasteiger partial charge in [-0.15, -0.1) is 0 Å². The molecule has 20 heavy (non-hydrogen) atoms. The van der Waals surface area contributed by atoms with E-state index in [1.807, 2.05) is 0 Å². The smallest absolute Gasteiger partial charge is 0.263 e. The van der Waals surface area contributed by atoms with E-state index in [-0.39, 0.29) is 26.4 Å². The first-order valence-electron chi connectivity index (χ1n) is 5.18. The number of hydrogen-bond donors (Lipinski definition) is 2. The van der Waals surface area contributed by atoms with Gasteiger partial charge in [-0.1, -0.05) is 23.2 Å². The van der Waals surface area contributed by atoms with Crippen LogP contribution in [0.15, 0.2) is 35.4 Å². The monoisotopic (exact) mass is 335 g/mol. The molecule has 1 aromatic carbocycles. The maximum absolute atomic E-state index is 13.2. The molecule has 0 amide bonds. The SMILES string of the molecule is Nc1ccc(S(=O)(=O)Nc2cc(Cl)c(F)c(Cl)c2)cn1. The number of pyridine rings is 1. The molecule has 0 unspecified atom stereocenters. The summed E-state index contributed by atoms with van der Waals surface area (Å²) in [5, 5.41) is -0.573. The molecule has 0 radical (unpaired) electrons. The van der Waals surface area contributed by atoms with E-state index in [0.29, 0.717) is 0 Å². The van der Waals surface area contributed by atoms with Crippen LogP contribution in [0.1, 0.15) is 0 Å². The lowest BCUT2D eigenvalue weighted by atomic mass is 10.3. The first-order valence-corrected chi connectivity index (χ1v) is 7.42. The van der Waals surface area contributed by atoms with Crippen LogP contribution in [0.2, 0.25) is 10.0 Å². The van der Waals surface area contributed by atoms with E-state index in [4.69, 9.17) is 28.9 Å². The predicted molar refractivity (Wildman–Crippen MR) is 75.9 cm³/mol. The van der Waals surface area contributed by atoms with E-state index >= 15 is 0 Å². The average molecular weight is 336 g/mol. The number of nitrogens with two attached hydrogens (primary N) is 1. The summed E-state index contributed by atoms with van der Waals surface area (Å²) in [5.41, 5.74) is 5.42. The van der Waals surface area contributed by atoms with Crippen molar-refractivity contribution >= 4 is 44.7 Å². The summed E-state index contributed by atoms with van der Waals surface area (Å²) in [4.78, 5) is 3.59. The molecular formula is C11H8Cl2FN3O2S. The standard InChI is InChI=1S/C11H8Cl2FN3O2S/c12-8-3-6(4-9(13)11(8)14)17-20(18,19)7-1-2-10(15)16-5-7/h1-5,17H,(H2,15,16). The van der Waals surface area contributed by atoms with Crippen molar-refractivity contribution in [2.45, 2.75) is 4.90 Å². The Labute approximate surface area is 124 Å². The van der Waals surface area contributed by atoms with Crippen LogP contribution in [-0.4, -0.2) is 13.4 Å². The van der Waals surface area contributed by atoms with Gasteiger partial charge in [-0.05, 0) is 24.3 Å². The number of sulfonamides is 1. The fourth-order valence-corrected chi connectivity index (χ4v) is 2.85. The summed E-state index contributed by atoms with van der Waals surface area (Å²) in [6.45, 7) is 0. The Bertz CT molecular complexity index is 728. The van der Waals surface area contributed by atoms with Crippen molar-refractivity contribution in [2.75, 3.05) is 10.5 Å². The quantitative estimate of drug-likeness (QED) is 0.844. The van der Waals surface area contributed by atoms with E-state index in [2.05, 4.69) is 9.71 Å². The Balaban J connectivity index is 2.36. The first-order chi connectivity index (χ1) is 9.29. The van der Waals surface area contributed by atoms with Crippen LogP contribution in [0.25, 0.3) is 0 Å². The molecule has 2 rings (SSSR count). The molecule has 9 heteroatoms. The van der Waals surface area contributed by atoms with Crippen molar-refractivity contribution in [1.82, 2.24) is 4.98 Å². The third kappa shape index (κ3) is 3.12. The Hall–Kier alpha value is -1.57. The third-order valence-electron chi connectivity index (χ3n) is 2.31. The van der Waals surface area contributed by atoms with Crippen LogP contribution < -0.4 is 10.5 Å². The minimum absolute atomic E-state index is 0.0400. The van der Waals surface area contributed by atoms with Gasteiger partial charge in [0.05, 0.1) is 15.7 Å². The second kappa shape index (κ2) is 5.43. The molecule has 1 aromatic heterocycles. The molecule has 0 fully saturated rings. The highest BCUT2D eigenvalue weighted by atomic mass is 35.5. The van der Waals surface area contributed by atoms with Crippen LogP contribution in [0, 0.1) is 5.82 Å². The molecule has 0 aliphatic rings. The highest BCUT2D eigenvalue weighted by Gasteiger charge is 2.16. The normalized spacial score (nSPS) is 11.3. The molecule has 0 aliphatic heterocycles. The number of nitrogen functional groups attached to an aromatic ring is 1. The number of aromatic nitrogens is 1. The van der Waals surface area contributed by atoms with E-state index in [0.717, 1.165) is 18.3 Å². The van der Waals surface area contributed by atoms with Gasteiger partial charge in [0.1, 0.15) is 10.7 Å². The van der Waals surface area contributed by atoms with Crippen LogP contribution in [-0.2, 0) is 10.0 Å². The topological polar surface area (TPSA) is 85.1 Å². The number of halogens is 3. The molecule has 0 aliphatic carbocycles. The Kier molecular flexibility index (Phi) is 4.03. The zero-order chi connectivity index (χ0) is 14.9. The zero-order valence-electron chi connectivity index (χ0n) is 9.77. The molecule has 0 spiro atoms. The van der Waals surface area contributed by atoms with Crippen LogP contribution in [0.5, 0.6) is 0 Å². The number of anilines is 2. The number of benzene rings is 1. The molecule has 0 atom stereocenters. The lowest BCUT2D eigenvalue weighted by Gasteiger charge is -2.09. The van der Waals surface area contributed by atoms with Gasteiger partial charge in [-0.25, -0.2) is 17.8 Å². The molecule has 5 nitrogen and oxygen atoms in total.